The molecule has 0 amide bonds. The summed E-state index contributed by atoms with van der Waals surface area (Å²) in [6, 6.07) is 0. The molecule has 0 spiro atoms. The summed E-state index contributed by atoms with van der Waals surface area (Å²) >= 11 is 0. The monoisotopic (exact) mass is 200 g/mol. The van der Waals surface area contributed by atoms with Gasteiger partial charge in [0.1, 0.15) is 0 Å². The minimum atomic E-state index is 0.473. The van der Waals surface area contributed by atoms with Crippen LogP contribution < -0.4 is 0 Å². The van der Waals surface area contributed by atoms with Gasteiger partial charge in [-0.3, -0.25) is 0 Å². The molecule has 1 aliphatic rings. The van der Waals surface area contributed by atoms with Crippen LogP contribution in [-0.4, -0.2) is 26.4 Å². The second-order valence-corrected chi connectivity index (χ2v) is 4.58. The van der Waals surface area contributed by atoms with Crippen molar-refractivity contribution in [1.29, 1.82) is 0 Å². The predicted molar refractivity (Wildman–Crippen MR) is 58.5 cm³/mol. The third-order valence-electron chi connectivity index (χ3n) is 3.30. The van der Waals surface area contributed by atoms with E-state index in [0.29, 0.717) is 12.2 Å². The molecule has 1 aliphatic carbocycles. The van der Waals surface area contributed by atoms with Gasteiger partial charge in [-0.05, 0) is 31.6 Å². The fourth-order valence-electron chi connectivity index (χ4n) is 2.40. The molecule has 0 radical (unpaired) electrons. The summed E-state index contributed by atoms with van der Waals surface area (Å²) in [7, 11) is 3.67. The Balaban J connectivity index is 2.43. The molecule has 2 heteroatoms. The summed E-state index contributed by atoms with van der Waals surface area (Å²) in [5.41, 5.74) is 0. The van der Waals surface area contributed by atoms with Crippen molar-refractivity contribution in [3.63, 3.8) is 0 Å². The molecule has 1 saturated carbocycles. The number of methoxy groups -OCH3 is 2. The van der Waals surface area contributed by atoms with Gasteiger partial charge in [-0.1, -0.05) is 19.8 Å². The zero-order valence-corrected chi connectivity index (χ0v) is 9.79. The van der Waals surface area contributed by atoms with Gasteiger partial charge < -0.3 is 9.47 Å². The molecular formula is C12H24O2. The highest BCUT2D eigenvalue weighted by Crippen LogP contribution is 2.24. The first-order valence-corrected chi connectivity index (χ1v) is 5.81. The molecule has 14 heavy (non-hydrogen) atoms. The summed E-state index contributed by atoms with van der Waals surface area (Å²) < 4.78 is 11.0. The molecule has 2 nitrogen and oxygen atoms in total. The highest BCUT2D eigenvalue weighted by atomic mass is 16.5. The van der Waals surface area contributed by atoms with E-state index >= 15 is 0 Å². The molecule has 2 atom stereocenters. The Kier molecular flexibility index (Phi) is 5.49. The van der Waals surface area contributed by atoms with Gasteiger partial charge in [0.25, 0.3) is 0 Å². The SMILES string of the molecule is COC1CCCCC(OC)CC(C)C1. The second-order valence-electron chi connectivity index (χ2n) is 4.58. The van der Waals surface area contributed by atoms with E-state index in [2.05, 4.69) is 6.92 Å². The van der Waals surface area contributed by atoms with Crippen molar-refractivity contribution >= 4 is 0 Å². The average molecular weight is 200 g/mol. The summed E-state index contributed by atoms with van der Waals surface area (Å²) in [6.07, 6.45) is 8.33. The van der Waals surface area contributed by atoms with Crippen LogP contribution in [0.4, 0.5) is 0 Å². The quantitative estimate of drug-likeness (QED) is 0.682. The Bertz CT molecular complexity index is 131. The summed E-state index contributed by atoms with van der Waals surface area (Å²) in [4.78, 5) is 0. The molecule has 1 rings (SSSR count). The lowest BCUT2D eigenvalue weighted by molar-refractivity contribution is 0.0556. The zero-order chi connectivity index (χ0) is 10.4. The van der Waals surface area contributed by atoms with Crippen LogP contribution in [0.25, 0.3) is 0 Å². The molecule has 0 aromatic carbocycles. The molecule has 84 valence electrons. The Morgan fingerprint density at radius 1 is 0.857 bits per heavy atom. The standard InChI is InChI=1S/C12H24O2/c1-10-8-11(13-2)6-4-5-7-12(9-10)14-3/h10-12H,4-9H2,1-3H3. The van der Waals surface area contributed by atoms with Gasteiger partial charge in [0, 0.05) is 14.2 Å². The maximum atomic E-state index is 5.48. The number of ether oxygens (including phenoxy) is 2. The second kappa shape index (κ2) is 6.41. The van der Waals surface area contributed by atoms with Crippen molar-refractivity contribution in [2.75, 3.05) is 14.2 Å². The van der Waals surface area contributed by atoms with Crippen molar-refractivity contribution in [2.45, 2.75) is 57.7 Å². The summed E-state index contributed by atoms with van der Waals surface area (Å²) in [5.74, 6) is 0.725. The Labute approximate surface area is 88.0 Å². The normalized spacial score (nSPS) is 35.8. The molecule has 0 heterocycles. The van der Waals surface area contributed by atoms with Gasteiger partial charge in [0.2, 0.25) is 0 Å². The zero-order valence-electron chi connectivity index (χ0n) is 9.79. The first-order valence-electron chi connectivity index (χ1n) is 5.81. The van der Waals surface area contributed by atoms with Gasteiger partial charge >= 0.3 is 0 Å². The Morgan fingerprint density at radius 3 is 1.64 bits per heavy atom. The molecule has 0 aromatic heterocycles. The number of hydrogen-bond donors (Lipinski definition) is 0. The molecule has 2 unspecified atom stereocenters. The summed E-state index contributed by atoms with van der Waals surface area (Å²) in [6.45, 7) is 2.31. The van der Waals surface area contributed by atoms with E-state index in [1.165, 1.54) is 38.5 Å². The third-order valence-corrected chi connectivity index (χ3v) is 3.30. The third kappa shape index (κ3) is 3.97. The van der Waals surface area contributed by atoms with Crippen LogP contribution >= 0.6 is 0 Å². The van der Waals surface area contributed by atoms with Gasteiger partial charge in [-0.25, -0.2) is 0 Å². The van der Waals surface area contributed by atoms with Crippen LogP contribution in [0.2, 0.25) is 0 Å². The van der Waals surface area contributed by atoms with E-state index in [9.17, 15) is 0 Å². The predicted octanol–water partition coefficient (Wildman–Crippen LogP) is 3.01. The van der Waals surface area contributed by atoms with Gasteiger partial charge in [-0.15, -0.1) is 0 Å². The minimum Gasteiger partial charge on any atom is -0.381 e. The molecule has 0 aromatic rings. The highest BCUT2D eigenvalue weighted by Gasteiger charge is 2.19. The smallest absolute Gasteiger partial charge is 0.0574 e. The van der Waals surface area contributed by atoms with Crippen LogP contribution in [-0.2, 0) is 9.47 Å². The lowest BCUT2D eigenvalue weighted by atomic mass is 9.96. The topological polar surface area (TPSA) is 18.5 Å². The van der Waals surface area contributed by atoms with Crippen LogP contribution in [0.5, 0.6) is 0 Å². The van der Waals surface area contributed by atoms with E-state index in [1.54, 1.807) is 0 Å². The minimum absolute atomic E-state index is 0.473. The van der Waals surface area contributed by atoms with E-state index in [4.69, 9.17) is 9.47 Å². The maximum Gasteiger partial charge on any atom is 0.0574 e. The van der Waals surface area contributed by atoms with Crippen molar-refractivity contribution in [3.8, 4) is 0 Å². The van der Waals surface area contributed by atoms with E-state index < -0.39 is 0 Å². The fourth-order valence-corrected chi connectivity index (χ4v) is 2.40. The molecule has 0 bridgehead atoms. The van der Waals surface area contributed by atoms with Crippen LogP contribution in [0.15, 0.2) is 0 Å². The molecule has 0 aliphatic heterocycles. The Morgan fingerprint density at radius 2 is 1.29 bits per heavy atom. The molecule has 0 saturated heterocycles. The highest BCUT2D eigenvalue weighted by molar-refractivity contribution is 4.71. The van der Waals surface area contributed by atoms with Crippen molar-refractivity contribution in [2.24, 2.45) is 5.92 Å². The van der Waals surface area contributed by atoms with E-state index in [0.717, 1.165) is 5.92 Å². The van der Waals surface area contributed by atoms with Crippen molar-refractivity contribution in [1.82, 2.24) is 0 Å². The van der Waals surface area contributed by atoms with Crippen LogP contribution in [0, 0.1) is 5.92 Å². The average Bonchev–Trinajstić information content (AvgIpc) is 2.27. The number of hydrogen-bond acceptors (Lipinski definition) is 2. The van der Waals surface area contributed by atoms with Crippen LogP contribution in [0.3, 0.4) is 0 Å². The molecule has 0 N–H and O–H groups in total. The maximum absolute atomic E-state index is 5.48. The van der Waals surface area contributed by atoms with Crippen LogP contribution in [0.1, 0.15) is 45.4 Å². The Hall–Kier alpha value is -0.0800. The lowest BCUT2D eigenvalue weighted by Gasteiger charge is -2.20. The lowest BCUT2D eigenvalue weighted by Crippen LogP contribution is -2.18. The van der Waals surface area contributed by atoms with Crippen molar-refractivity contribution < 1.29 is 9.47 Å². The van der Waals surface area contributed by atoms with Gasteiger partial charge in [0.05, 0.1) is 12.2 Å². The van der Waals surface area contributed by atoms with Gasteiger partial charge in [0.15, 0.2) is 0 Å². The molecular weight excluding hydrogens is 176 g/mol. The first kappa shape index (κ1) is 12.0. The van der Waals surface area contributed by atoms with E-state index in [1.807, 2.05) is 14.2 Å². The van der Waals surface area contributed by atoms with Gasteiger partial charge in [-0.2, -0.15) is 0 Å². The van der Waals surface area contributed by atoms with E-state index in [-0.39, 0.29) is 0 Å². The summed E-state index contributed by atoms with van der Waals surface area (Å²) in [5, 5.41) is 0. The number of rotatable bonds is 2. The van der Waals surface area contributed by atoms with Crippen molar-refractivity contribution in [3.05, 3.63) is 0 Å². The first-order chi connectivity index (χ1) is 6.76. The molecule has 1 fully saturated rings. The largest absolute Gasteiger partial charge is 0.381 e. The fraction of sp³-hybridized carbons (Fsp3) is 1.00.